The van der Waals surface area contributed by atoms with Gasteiger partial charge in [0.25, 0.3) is 0 Å². The second-order valence-corrected chi connectivity index (χ2v) is 8.59. The van der Waals surface area contributed by atoms with Crippen molar-refractivity contribution in [1.82, 2.24) is 0 Å². The molecule has 0 fully saturated rings. The van der Waals surface area contributed by atoms with Crippen molar-refractivity contribution in [3.63, 3.8) is 0 Å². The van der Waals surface area contributed by atoms with Crippen LogP contribution in [0.5, 0.6) is 17.2 Å². The molecule has 0 heterocycles. The minimum atomic E-state index is -3.66. The summed E-state index contributed by atoms with van der Waals surface area (Å²) in [4.78, 5) is 12.5. The lowest BCUT2D eigenvalue weighted by Gasteiger charge is -2.22. The molecular formula is C23H24N2O5S. The van der Waals surface area contributed by atoms with E-state index in [1.807, 2.05) is 37.3 Å². The third kappa shape index (κ3) is 6.48. The number of sulfonamides is 1. The highest BCUT2D eigenvalue weighted by Crippen LogP contribution is 2.24. The molecule has 1 amide bonds. The van der Waals surface area contributed by atoms with Crippen molar-refractivity contribution in [3.8, 4) is 17.2 Å². The molecule has 162 valence electrons. The second kappa shape index (κ2) is 9.99. The summed E-state index contributed by atoms with van der Waals surface area (Å²) in [6.45, 7) is 2.02. The van der Waals surface area contributed by atoms with Crippen molar-refractivity contribution in [2.45, 2.75) is 6.92 Å². The van der Waals surface area contributed by atoms with Gasteiger partial charge in [-0.3, -0.25) is 9.10 Å². The molecule has 3 aromatic carbocycles. The van der Waals surface area contributed by atoms with E-state index >= 15 is 0 Å². The quantitative estimate of drug-likeness (QED) is 0.537. The third-order valence-corrected chi connectivity index (χ3v) is 5.38. The molecule has 7 nitrogen and oxygen atoms in total. The number of amides is 1. The molecule has 0 aliphatic rings. The van der Waals surface area contributed by atoms with Crippen LogP contribution in [-0.2, 0) is 14.8 Å². The molecule has 0 atom stereocenters. The molecule has 0 radical (unpaired) electrons. The Hall–Kier alpha value is -3.52. The maximum Gasteiger partial charge on any atom is 0.245 e. The van der Waals surface area contributed by atoms with Crippen LogP contribution in [0, 0.1) is 0 Å². The molecule has 0 aliphatic carbocycles. The van der Waals surface area contributed by atoms with Crippen molar-refractivity contribution in [2.75, 3.05) is 29.0 Å². The minimum absolute atomic E-state index is 0.352. The Morgan fingerprint density at radius 1 is 0.871 bits per heavy atom. The topological polar surface area (TPSA) is 84.9 Å². The second-order valence-electron chi connectivity index (χ2n) is 6.68. The monoisotopic (exact) mass is 440 g/mol. The Kier molecular flexibility index (Phi) is 7.15. The summed E-state index contributed by atoms with van der Waals surface area (Å²) in [5.41, 5.74) is 0.915. The van der Waals surface area contributed by atoms with Gasteiger partial charge in [-0.2, -0.15) is 0 Å². The fourth-order valence-corrected chi connectivity index (χ4v) is 3.69. The largest absolute Gasteiger partial charge is 0.494 e. The standard InChI is InChI=1S/C23H24N2O5S/c1-3-29-20-15-11-19(12-16-20)25(31(2,27)28)17-23(26)24-18-9-13-22(14-10-18)30-21-7-5-4-6-8-21/h4-16H,3,17H2,1-2H3,(H,24,26). The van der Waals surface area contributed by atoms with Crippen LogP contribution in [0.25, 0.3) is 0 Å². The lowest BCUT2D eigenvalue weighted by Crippen LogP contribution is -2.37. The number of hydrogen-bond acceptors (Lipinski definition) is 5. The lowest BCUT2D eigenvalue weighted by molar-refractivity contribution is -0.114. The van der Waals surface area contributed by atoms with E-state index < -0.39 is 15.9 Å². The van der Waals surface area contributed by atoms with Crippen LogP contribution in [0.3, 0.4) is 0 Å². The van der Waals surface area contributed by atoms with Gasteiger partial charge < -0.3 is 14.8 Å². The molecule has 8 heteroatoms. The summed E-state index contributed by atoms with van der Waals surface area (Å²) in [7, 11) is -3.66. The lowest BCUT2D eigenvalue weighted by atomic mass is 10.3. The number of hydrogen-bond donors (Lipinski definition) is 1. The highest BCUT2D eigenvalue weighted by atomic mass is 32.2. The highest BCUT2D eigenvalue weighted by molar-refractivity contribution is 7.92. The maximum atomic E-state index is 12.5. The Morgan fingerprint density at radius 2 is 1.45 bits per heavy atom. The van der Waals surface area contributed by atoms with Gasteiger partial charge in [0.05, 0.1) is 18.6 Å². The van der Waals surface area contributed by atoms with E-state index in [0.717, 1.165) is 10.6 Å². The van der Waals surface area contributed by atoms with Gasteiger partial charge >= 0.3 is 0 Å². The Morgan fingerprint density at radius 3 is 2.03 bits per heavy atom. The highest BCUT2D eigenvalue weighted by Gasteiger charge is 2.21. The van der Waals surface area contributed by atoms with E-state index in [2.05, 4.69) is 5.32 Å². The number of rotatable bonds is 9. The van der Waals surface area contributed by atoms with Crippen molar-refractivity contribution in [2.24, 2.45) is 0 Å². The van der Waals surface area contributed by atoms with Gasteiger partial charge in [0.1, 0.15) is 23.8 Å². The molecule has 0 aromatic heterocycles. The van der Waals surface area contributed by atoms with Crippen LogP contribution < -0.4 is 19.1 Å². The Bertz CT molecular complexity index is 1100. The number of benzene rings is 3. The first-order valence-electron chi connectivity index (χ1n) is 9.68. The van der Waals surface area contributed by atoms with Gasteiger partial charge in [0.15, 0.2) is 0 Å². The molecule has 0 saturated heterocycles. The van der Waals surface area contributed by atoms with E-state index in [1.165, 1.54) is 0 Å². The van der Waals surface area contributed by atoms with E-state index in [4.69, 9.17) is 9.47 Å². The number of ether oxygens (including phenoxy) is 2. The fraction of sp³-hybridized carbons (Fsp3) is 0.174. The third-order valence-electron chi connectivity index (χ3n) is 4.24. The van der Waals surface area contributed by atoms with Crippen molar-refractivity contribution in [1.29, 1.82) is 0 Å². The van der Waals surface area contributed by atoms with Crippen molar-refractivity contribution < 1.29 is 22.7 Å². The van der Waals surface area contributed by atoms with Crippen molar-refractivity contribution in [3.05, 3.63) is 78.9 Å². The zero-order valence-corrected chi connectivity index (χ0v) is 18.1. The number of nitrogens with one attached hydrogen (secondary N) is 1. The normalized spacial score (nSPS) is 10.9. The number of carbonyl (C=O) groups is 1. The van der Waals surface area contributed by atoms with Gasteiger partial charge in [-0.25, -0.2) is 8.42 Å². The molecule has 1 N–H and O–H groups in total. The van der Waals surface area contributed by atoms with E-state index in [9.17, 15) is 13.2 Å². The van der Waals surface area contributed by atoms with Crippen LogP contribution in [0.2, 0.25) is 0 Å². The van der Waals surface area contributed by atoms with Crippen LogP contribution in [-0.4, -0.2) is 33.7 Å². The zero-order valence-electron chi connectivity index (χ0n) is 17.3. The molecule has 0 aliphatic heterocycles. The predicted molar refractivity (Wildman–Crippen MR) is 121 cm³/mol. The summed E-state index contributed by atoms with van der Waals surface area (Å²) in [6.07, 6.45) is 1.06. The van der Waals surface area contributed by atoms with Crippen LogP contribution in [0.4, 0.5) is 11.4 Å². The van der Waals surface area contributed by atoms with Crippen LogP contribution in [0.15, 0.2) is 78.9 Å². The average molecular weight is 441 g/mol. The van der Waals surface area contributed by atoms with Gasteiger partial charge in [-0.05, 0) is 67.6 Å². The molecule has 0 unspecified atom stereocenters. The van der Waals surface area contributed by atoms with E-state index in [-0.39, 0.29) is 6.54 Å². The summed E-state index contributed by atoms with van der Waals surface area (Å²) >= 11 is 0. The Balaban J connectivity index is 1.65. The molecule has 0 spiro atoms. The molecule has 3 rings (SSSR count). The first-order chi connectivity index (χ1) is 14.8. The summed E-state index contributed by atoms with van der Waals surface area (Å²) in [5.74, 6) is 1.49. The fourth-order valence-electron chi connectivity index (χ4n) is 2.84. The zero-order chi connectivity index (χ0) is 22.3. The smallest absolute Gasteiger partial charge is 0.245 e. The maximum absolute atomic E-state index is 12.5. The van der Waals surface area contributed by atoms with E-state index in [0.29, 0.717) is 35.2 Å². The molecular weight excluding hydrogens is 416 g/mol. The van der Waals surface area contributed by atoms with Crippen molar-refractivity contribution >= 4 is 27.3 Å². The SMILES string of the molecule is CCOc1ccc(N(CC(=O)Nc2ccc(Oc3ccccc3)cc2)S(C)(=O)=O)cc1. The number of para-hydroxylation sites is 1. The van der Waals surface area contributed by atoms with E-state index in [1.54, 1.807) is 48.5 Å². The first kappa shape index (κ1) is 22.2. The summed E-state index contributed by atoms with van der Waals surface area (Å²) in [5, 5.41) is 2.71. The first-order valence-corrected chi connectivity index (χ1v) is 11.5. The number of anilines is 2. The number of nitrogens with zero attached hydrogens (tertiary/aromatic N) is 1. The Labute approximate surface area is 182 Å². The van der Waals surface area contributed by atoms with Gasteiger partial charge in [-0.15, -0.1) is 0 Å². The van der Waals surface area contributed by atoms with Gasteiger partial charge in [-0.1, -0.05) is 18.2 Å². The van der Waals surface area contributed by atoms with Gasteiger partial charge in [0, 0.05) is 5.69 Å². The average Bonchev–Trinajstić information content (AvgIpc) is 2.74. The minimum Gasteiger partial charge on any atom is -0.494 e. The molecule has 0 saturated carbocycles. The van der Waals surface area contributed by atoms with Crippen LogP contribution in [0.1, 0.15) is 6.92 Å². The van der Waals surface area contributed by atoms with Gasteiger partial charge in [0.2, 0.25) is 15.9 Å². The molecule has 31 heavy (non-hydrogen) atoms. The van der Waals surface area contributed by atoms with Crippen LogP contribution >= 0.6 is 0 Å². The molecule has 3 aromatic rings. The molecule has 0 bridgehead atoms. The number of carbonyl (C=O) groups excluding carboxylic acids is 1. The summed E-state index contributed by atoms with van der Waals surface area (Å²) < 4.78 is 36.6. The summed E-state index contributed by atoms with van der Waals surface area (Å²) in [6, 6.07) is 22.7. The predicted octanol–water partition coefficient (Wildman–Crippen LogP) is 4.28.